The average Bonchev–Trinajstić information content (AvgIpc) is 0.896. The summed E-state index contributed by atoms with van der Waals surface area (Å²) in [4.78, 5) is 15.1. The molecule has 0 saturated heterocycles. The number of benzene rings is 13. The second kappa shape index (κ2) is 20.4. The van der Waals surface area contributed by atoms with Crippen LogP contribution < -0.4 is 52.4 Å². The molecule has 406 valence electrons. The molecule has 5 heterocycles. The minimum absolute atomic E-state index is 0.0952. The van der Waals surface area contributed by atoms with Crippen molar-refractivity contribution in [3.05, 3.63) is 303 Å². The fourth-order valence-corrected chi connectivity index (χ4v) is 18.3. The van der Waals surface area contributed by atoms with E-state index in [-0.39, 0.29) is 13.4 Å². The van der Waals surface area contributed by atoms with Crippen molar-refractivity contribution in [2.45, 2.75) is 19.6 Å². The summed E-state index contributed by atoms with van der Waals surface area (Å²) in [5, 5.41) is 2.59. The van der Waals surface area contributed by atoms with Crippen LogP contribution in [0.2, 0.25) is 0 Å². The van der Waals surface area contributed by atoms with Crippen molar-refractivity contribution in [2.75, 3.05) is 19.6 Å². The molecule has 0 bridgehead atoms. The molecule has 0 spiro atoms. The number of fused-ring (bicyclic) bond motifs is 11. The number of hydrogen-bond acceptors (Lipinski definition) is 7. The van der Waals surface area contributed by atoms with E-state index in [1.807, 2.05) is 34.9 Å². The summed E-state index contributed by atoms with van der Waals surface area (Å²) in [5.74, 6) is 0. The Bertz CT molecular complexity index is 4690. The number of para-hydroxylation sites is 8. The number of hydrogen-bond donors (Lipinski definition) is 0. The van der Waals surface area contributed by atoms with E-state index in [0.717, 1.165) is 45.5 Å². The molecule has 4 nitrogen and oxygen atoms in total. The van der Waals surface area contributed by atoms with Crippen LogP contribution >= 0.6 is 34.9 Å². The molecule has 0 fully saturated rings. The molecule has 9 heteroatoms. The van der Waals surface area contributed by atoms with Crippen molar-refractivity contribution < 1.29 is 0 Å². The highest BCUT2D eigenvalue weighted by Gasteiger charge is 2.48. The van der Waals surface area contributed by atoms with Gasteiger partial charge in [-0.1, -0.05) is 223 Å². The molecule has 4 aliphatic rings. The second-order valence-electron chi connectivity index (χ2n) is 22.7. The molecule has 0 unspecified atom stereocenters. The van der Waals surface area contributed by atoms with Crippen molar-refractivity contribution in [1.29, 1.82) is 0 Å². The highest BCUT2D eigenvalue weighted by molar-refractivity contribution is 8.01. The van der Waals surface area contributed by atoms with Gasteiger partial charge in [-0.2, -0.15) is 0 Å². The summed E-state index contributed by atoms with van der Waals surface area (Å²) in [5.41, 5.74) is 24.2. The highest BCUT2D eigenvalue weighted by atomic mass is 32.2. The zero-order valence-corrected chi connectivity index (χ0v) is 49.5. The Morgan fingerprint density at radius 1 is 0.299 bits per heavy atom. The summed E-state index contributed by atoms with van der Waals surface area (Å²) in [7, 11) is 0. The largest absolute Gasteiger partial charge is 0.311 e. The third-order valence-corrected chi connectivity index (χ3v) is 21.5. The maximum absolute atomic E-state index is 2.68. The first-order chi connectivity index (χ1) is 43.2. The first-order valence-corrected chi connectivity index (χ1v) is 32.2. The maximum Gasteiger partial charge on any atom is 0.249 e. The first kappa shape index (κ1) is 50.4. The normalized spacial score (nSPS) is 13.1. The lowest BCUT2D eigenvalue weighted by Gasteiger charge is -2.44. The Kier molecular flexibility index (Phi) is 11.8. The molecule has 87 heavy (non-hydrogen) atoms. The third kappa shape index (κ3) is 7.96. The molecule has 0 aliphatic carbocycles. The van der Waals surface area contributed by atoms with Crippen LogP contribution in [0.5, 0.6) is 0 Å². The molecule has 0 atom stereocenters. The smallest absolute Gasteiger partial charge is 0.249 e. The van der Waals surface area contributed by atoms with Gasteiger partial charge in [0.15, 0.2) is 0 Å². The lowest BCUT2D eigenvalue weighted by Crippen LogP contribution is -2.64. The quantitative estimate of drug-likeness (QED) is 0.133. The molecule has 0 radical (unpaired) electrons. The minimum Gasteiger partial charge on any atom is -0.311 e. The third-order valence-electron chi connectivity index (χ3n) is 17.9. The molecule has 4 aliphatic heterocycles. The van der Waals surface area contributed by atoms with Gasteiger partial charge in [0.2, 0.25) is 13.4 Å². The fraction of sp³-hybridized carbons (Fsp3) is 0. The van der Waals surface area contributed by atoms with E-state index in [2.05, 4.69) is 323 Å². The van der Waals surface area contributed by atoms with E-state index >= 15 is 0 Å². The highest BCUT2D eigenvalue weighted by Crippen LogP contribution is 2.54. The lowest BCUT2D eigenvalue weighted by atomic mass is 9.31. The van der Waals surface area contributed by atoms with Gasteiger partial charge in [-0.05, 0) is 137 Å². The van der Waals surface area contributed by atoms with Crippen LogP contribution in [0.15, 0.2) is 323 Å². The van der Waals surface area contributed by atoms with E-state index in [1.165, 1.54) is 106 Å². The predicted octanol–water partition coefficient (Wildman–Crippen LogP) is 18.2. The zero-order valence-electron chi connectivity index (χ0n) is 47.0. The maximum atomic E-state index is 2.68. The Hall–Kier alpha value is -9.89. The van der Waals surface area contributed by atoms with Gasteiger partial charge in [-0.15, -0.1) is 11.3 Å². The SMILES string of the molecule is c1ccc(N(c2ccccc2)c2cc3c4c(c2)N(c2ccccc2)c2ccccc2B4c2cc4c(c(-c5cccc6c5sc5ccccc56)c2S3)Sc2cc(N(c3ccccc3)c3ccccc3)cc3c2B4c2ccccc2N3c2ccccc2)cc1. The van der Waals surface area contributed by atoms with Gasteiger partial charge in [0.05, 0.1) is 0 Å². The minimum atomic E-state index is -0.0952. The number of thiophene rings is 1. The Morgan fingerprint density at radius 3 is 1.15 bits per heavy atom. The summed E-state index contributed by atoms with van der Waals surface area (Å²) in [6.07, 6.45) is 0. The van der Waals surface area contributed by atoms with Crippen molar-refractivity contribution >= 4 is 169 Å². The zero-order chi connectivity index (χ0) is 57.1. The first-order valence-electron chi connectivity index (χ1n) is 29.7. The van der Waals surface area contributed by atoms with Gasteiger partial charge >= 0.3 is 0 Å². The van der Waals surface area contributed by atoms with E-state index in [0.29, 0.717) is 0 Å². The summed E-state index contributed by atoms with van der Waals surface area (Å²) < 4.78 is 2.61. The van der Waals surface area contributed by atoms with Gasteiger partial charge in [0, 0.05) is 119 Å². The van der Waals surface area contributed by atoms with Gasteiger partial charge < -0.3 is 19.6 Å². The van der Waals surface area contributed by atoms with Crippen LogP contribution in [0.3, 0.4) is 0 Å². The van der Waals surface area contributed by atoms with E-state index in [9.17, 15) is 0 Å². The number of rotatable bonds is 9. The predicted molar refractivity (Wildman–Crippen MR) is 374 cm³/mol. The van der Waals surface area contributed by atoms with E-state index in [4.69, 9.17) is 0 Å². The van der Waals surface area contributed by atoms with Gasteiger partial charge in [-0.25, -0.2) is 0 Å². The van der Waals surface area contributed by atoms with Crippen molar-refractivity contribution in [3.8, 4) is 11.1 Å². The van der Waals surface area contributed by atoms with Gasteiger partial charge in [0.25, 0.3) is 0 Å². The van der Waals surface area contributed by atoms with Crippen molar-refractivity contribution in [1.82, 2.24) is 0 Å². The molecule has 18 rings (SSSR count). The number of anilines is 12. The van der Waals surface area contributed by atoms with Gasteiger partial charge in [0.1, 0.15) is 0 Å². The topological polar surface area (TPSA) is 13.0 Å². The second-order valence-corrected chi connectivity index (χ2v) is 25.8. The molecule has 0 N–H and O–H groups in total. The van der Waals surface area contributed by atoms with E-state index in [1.54, 1.807) is 0 Å². The number of nitrogens with zero attached hydrogens (tertiary/aromatic N) is 4. The molecule has 0 saturated carbocycles. The average molecular weight is 1160 g/mol. The molecule has 0 amide bonds. The Labute approximate surface area is 519 Å². The van der Waals surface area contributed by atoms with Gasteiger partial charge in [-0.3, -0.25) is 0 Å². The summed E-state index contributed by atoms with van der Waals surface area (Å²) in [6, 6.07) is 113. The van der Waals surface area contributed by atoms with Crippen LogP contribution in [-0.4, -0.2) is 13.4 Å². The molecule has 13 aromatic carbocycles. The summed E-state index contributed by atoms with van der Waals surface area (Å²) in [6.45, 7) is -0.190. The van der Waals surface area contributed by atoms with Crippen LogP contribution in [0.25, 0.3) is 31.3 Å². The van der Waals surface area contributed by atoms with Crippen LogP contribution in [0.1, 0.15) is 0 Å². The summed E-state index contributed by atoms with van der Waals surface area (Å²) >= 11 is 5.86. The fourth-order valence-electron chi connectivity index (χ4n) is 14.3. The van der Waals surface area contributed by atoms with E-state index < -0.39 is 0 Å². The molecular weight excluding hydrogens is 1110 g/mol. The standard InChI is InChI=1S/C78H50B2N4S3/c1-7-26-51(27-8-1)81(52-28-9-2-10-29-52)57-46-68-74-71(48-57)86-77-64(79(74)62-41-20-22-43-66(62)83(68)55-34-15-5-16-35-55)50-65-78(73(77)61-40-25-39-60-59-38-19-24-45-70(59)85-76(60)61)87-72-49-58(82(53-30-11-3-12-31-53)54-32-13-4-14-33-54)47-69-75(72)80(65)63-42-21-23-44-67(63)84(69)56-36-17-6-18-37-56/h1-50H. The van der Waals surface area contributed by atoms with Crippen LogP contribution in [-0.2, 0) is 0 Å². The Morgan fingerprint density at radius 2 is 0.690 bits per heavy atom. The monoisotopic (exact) mass is 1160 g/mol. The molecule has 1 aromatic heterocycles. The molecule has 14 aromatic rings. The lowest BCUT2D eigenvalue weighted by molar-refractivity contribution is 1.22. The molecular formula is C78H50B2N4S3. The van der Waals surface area contributed by atoms with Crippen LogP contribution in [0, 0.1) is 0 Å². The van der Waals surface area contributed by atoms with Crippen molar-refractivity contribution in [2.24, 2.45) is 0 Å². The van der Waals surface area contributed by atoms with Crippen molar-refractivity contribution in [3.63, 3.8) is 0 Å². The van der Waals surface area contributed by atoms with Crippen LogP contribution in [0.4, 0.5) is 68.2 Å². The Balaban J connectivity index is 0.960.